The van der Waals surface area contributed by atoms with Crippen molar-refractivity contribution in [1.29, 1.82) is 0 Å². The van der Waals surface area contributed by atoms with Crippen LogP contribution in [0, 0.1) is 0 Å². The zero-order valence-corrected chi connectivity index (χ0v) is 14.8. The molecule has 1 aromatic heterocycles. The highest BCUT2D eigenvalue weighted by Crippen LogP contribution is 2.24. The Bertz CT molecular complexity index is 485. The topological polar surface area (TPSA) is 35.6 Å². The largest absolute Gasteiger partial charge is 0.337 e. The molecular formula is C16H26ClN3OS. The number of thiophene rings is 1. The van der Waals surface area contributed by atoms with E-state index in [0.717, 1.165) is 39.0 Å². The lowest BCUT2D eigenvalue weighted by Gasteiger charge is -2.31. The molecule has 22 heavy (non-hydrogen) atoms. The zero-order valence-electron chi connectivity index (χ0n) is 13.2. The molecular weight excluding hydrogens is 318 g/mol. The van der Waals surface area contributed by atoms with E-state index < -0.39 is 0 Å². The predicted molar refractivity (Wildman–Crippen MR) is 93.8 cm³/mol. The molecule has 3 heterocycles. The number of likely N-dealkylation sites (N-methyl/N-ethyl adjacent to an activating group) is 1. The number of rotatable bonds is 3. The van der Waals surface area contributed by atoms with Crippen LogP contribution < -0.4 is 5.32 Å². The van der Waals surface area contributed by atoms with Gasteiger partial charge in [0, 0.05) is 24.0 Å². The molecule has 0 spiro atoms. The van der Waals surface area contributed by atoms with E-state index >= 15 is 0 Å². The Balaban J connectivity index is 0.00000176. The molecule has 0 radical (unpaired) electrons. The molecule has 1 N–H and O–H groups in total. The minimum Gasteiger partial charge on any atom is -0.337 e. The van der Waals surface area contributed by atoms with Crippen LogP contribution in [0.25, 0.3) is 0 Å². The summed E-state index contributed by atoms with van der Waals surface area (Å²) in [6.45, 7) is 4.44. The van der Waals surface area contributed by atoms with E-state index in [2.05, 4.69) is 28.7 Å². The number of halogens is 1. The Kier molecular flexibility index (Phi) is 6.68. The van der Waals surface area contributed by atoms with Gasteiger partial charge in [-0.3, -0.25) is 9.69 Å². The van der Waals surface area contributed by atoms with Crippen LogP contribution in [-0.2, 0) is 17.8 Å². The maximum absolute atomic E-state index is 12.5. The molecule has 124 valence electrons. The van der Waals surface area contributed by atoms with Crippen LogP contribution in [0.15, 0.2) is 11.4 Å². The lowest BCUT2D eigenvalue weighted by molar-refractivity contribution is -0.133. The van der Waals surface area contributed by atoms with Gasteiger partial charge in [-0.25, -0.2) is 0 Å². The fraction of sp³-hybridized carbons (Fsp3) is 0.688. The van der Waals surface area contributed by atoms with E-state index in [4.69, 9.17) is 0 Å². The molecule has 2 aliphatic rings. The lowest BCUT2D eigenvalue weighted by atomic mass is 10.1. The van der Waals surface area contributed by atoms with Crippen molar-refractivity contribution in [2.75, 3.05) is 33.2 Å². The number of hydrogen-bond acceptors (Lipinski definition) is 4. The van der Waals surface area contributed by atoms with Gasteiger partial charge in [-0.1, -0.05) is 0 Å². The Morgan fingerprint density at radius 3 is 3.18 bits per heavy atom. The van der Waals surface area contributed by atoms with Crippen LogP contribution in [-0.4, -0.2) is 55.0 Å². The summed E-state index contributed by atoms with van der Waals surface area (Å²) in [5.74, 6) is 0.284. The molecule has 1 atom stereocenters. The maximum atomic E-state index is 12.5. The number of hydrogen-bond donors (Lipinski definition) is 1. The smallest absolute Gasteiger partial charge is 0.237 e. The molecule has 0 saturated carbocycles. The second kappa shape index (κ2) is 8.29. The molecule has 2 aliphatic heterocycles. The van der Waals surface area contributed by atoms with E-state index in [1.165, 1.54) is 23.3 Å². The summed E-state index contributed by atoms with van der Waals surface area (Å²) >= 11 is 1.82. The molecule has 3 rings (SSSR count). The fourth-order valence-electron chi connectivity index (χ4n) is 3.35. The minimum atomic E-state index is 0. The third-order valence-electron chi connectivity index (χ3n) is 4.71. The first-order chi connectivity index (χ1) is 10.2. The van der Waals surface area contributed by atoms with Crippen LogP contribution in [0.4, 0.5) is 0 Å². The van der Waals surface area contributed by atoms with Gasteiger partial charge in [0.05, 0.1) is 6.54 Å². The van der Waals surface area contributed by atoms with Crippen molar-refractivity contribution in [3.8, 4) is 0 Å². The fourth-order valence-corrected chi connectivity index (χ4v) is 4.23. The van der Waals surface area contributed by atoms with E-state index in [9.17, 15) is 4.79 Å². The SMILES string of the molecule is CN(CC(=O)N1CCc2sccc2C1)C1CCCNCC1.Cl. The molecule has 0 aliphatic carbocycles. The first kappa shape index (κ1) is 17.7. The Morgan fingerprint density at radius 1 is 1.45 bits per heavy atom. The summed E-state index contributed by atoms with van der Waals surface area (Å²) in [4.78, 5) is 18.3. The highest BCUT2D eigenvalue weighted by atomic mass is 35.5. The van der Waals surface area contributed by atoms with Crippen LogP contribution in [0.5, 0.6) is 0 Å². The summed E-state index contributed by atoms with van der Waals surface area (Å²) in [6, 6.07) is 2.71. The molecule has 4 nitrogen and oxygen atoms in total. The third-order valence-corrected chi connectivity index (χ3v) is 5.74. The van der Waals surface area contributed by atoms with Crippen molar-refractivity contribution in [1.82, 2.24) is 15.1 Å². The lowest BCUT2D eigenvalue weighted by Crippen LogP contribution is -2.44. The molecule has 1 fully saturated rings. The zero-order chi connectivity index (χ0) is 14.7. The van der Waals surface area contributed by atoms with Gasteiger partial charge in [0.25, 0.3) is 0 Å². The van der Waals surface area contributed by atoms with Crippen molar-refractivity contribution in [3.63, 3.8) is 0 Å². The molecule has 1 aromatic rings. The molecule has 6 heteroatoms. The Labute approximate surface area is 143 Å². The highest BCUT2D eigenvalue weighted by Gasteiger charge is 2.24. The van der Waals surface area contributed by atoms with Gasteiger partial charge in [0.1, 0.15) is 0 Å². The van der Waals surface area contributed by atoms with E-state index in [0.29, 0.717) is 12.6 Å². The number of nitrogens with zero attached hydrogens (tertiary/aromatic N) is 2. The van der Waals surface area contributed by atoms with Gasteiger partial charge >= 0.3 is 0 Å². The predicted octanol–water partition coefficient (Wildman–Crippen LogP) is 2.13. The molecule has 1 amide bonds. The van der Waals surface area contributed by atoms with Gasteiger partial charge in [0.15, 0.2) is 0 Å². The van der Waals surface area contributed by atoms with Crippen LogP contribution in [0.1, 0.15) is 29.7 Å². The average molecular weight is 344 g/mol. The van der Waals surface area contributed by atoms with Gasteiger partial charge in [-0.2, -0.15) is 0 Å². The number of nitrogens with one attached hydrogen (secondary N) is 1. The number of fused-ring (bicyclic) bond motifs is 1. The third kappa shape index (κ3) is 4.22. The maximum Gasteiger partial charge on any atom is 0.237 e. The normalized spacial score (nSPS) is 21.9. The first-order valence-corrected chi connectivity index (χ1v) is 8.86. The summed E-state index contributed by atoms with van der Waals surface area (Å²) in [5.41, 5.74) is 1.35. The number of amides is 1. The first-order valence-electron chi connectivity index (χ1n) is 7.98. The second-order valence-electron chi connectivity index (χ2n) is 6.18. The molecule has 0 bridgehead atoms. The quantitative estimate of drug-likeness (QED) is 0.913. The molecule has 1 unspecified atom stereocenters. The van der Waals surface area contributed by atoms with Crippen molar-refractivity contribution >= 4 is 29.7 Å². The second-order valence-corrected chi connectivity index (χ2v) is 7.18. The average Bonchev–Trinajstić information content (AvgIpc) is 2.78. The van der Waals surface area contributed by atoms with Gasteiger partial charge in [0.2, 0.25) is 5.91 Å². The minimum absolute atomic E-state index is 0. The van der Waals surface area contributed by atoms with Gasteiger partial charge < -0.3 is 10.2 Å². The Morgan fingerprint density at radius 2 is 2.32 bits per heavy atom. The van der Waals surface area contributed by atoms with Crippen molar-refractivity contribution in [2.24, 2.45) is 0 Å². The van der Waals surface area contributed by atoms with E-state index in [-0.39, 0.29) is 18.3 Å². The van der Waals surface area contributed by atoms with Crippen molar-refractivity contribution < 1.29 is 4.79 Å². The van der Waals surface area contributed by atoms with Crippen LogP contribution in [0.3, 0.4) is 0 Å². The number of carbonyl (C=O) groups is 1. The molecule has 1 saturated heterocycles. The Hall–Kier alpha value is -0.620. The summed E-state index contributed by atoms with van der Waals surface area (Å²) < 4.78 is 0. The van der Waals surface area contributed by atoms with Crippen molar-refractivity contribution in [2.45, 2.75) is 38.3 Å². The monoisotopic (exact) mass is 343 g/mol. The summed E-state index contributed by atoms with van der Waals surface area (Å²) in [7, 11) is 2.11. The standard InChI is InChI=1S/C16H25N3OS.ClH/c1-18(14-3-2-7-17-8-4-14)12-16(20)19-9-5-15-13(11-19)6-10-21-15;/h6,10,14,17H,2-5,7-9,11-12H2,1H3;1H. The van der Waals surface area contributed by atoms with Crippen LogP contribution >= 0.6 is 23.7 Å². The summed E-state index contributed by atoms with van der Waals surface area (Å²) in [6.07, 6.45) is 4.59. The van der Waals surface area contributed by atoms with E-state index in [1.807, 2.05) is 16.2 Å². The van der Waals surface area contributed by atoms with Gasteiger partial charge in [-0.15, -0.1) is 23.7 Å². The van der Waals surface area contributed by atoms with Crippen LogP contribution in [0.2, 0.25) is 0 Å². The van der Waals surface area contributed by atoms with E-state index in [1.54, 1.807) is 0 Å². The number of carbonyl (C=O) groups excluding carboxylic acids is 1. The van der Waals surface area contributed by atoms with Crippen molar-refractivity contribution in [3.05, 3.63) is 21.9 Å². The van der Waals surface area contributed by atoms with Gasteiger partial charge in [-0.05, 0) is 62.8 Å². The molecule has 0 aromatic carbocycles. The summed E-state index contributed by atoms with van der Waals surface area (Å²) in [5, 5.41) is 5.58. The highest BCUT2D eigenvalue weighted by molar-refractivity contribution is 7.10.